The molecule has 0 aliphatic rings. The summed E-state index contributed by atoms with van der Waals surface area (Å²) in [4.78, 5) is 20.2. The van der Waals surface area contributed by atoms with Crippen LogP contribution >= 0.6 is 0 Å². The molecule has 6 heteroatoms. The first-order chi connectivity index (χ1) is 5.16. The Bertz CT molecular complexity index is 135. The van der Waals surface area contributed by atoms with E-state index < -0.39 is 13.3 Å². The van der Waals surface area contributed by atoms with Crippen molar-refractivity contribution in [3.05, 3.63) is 0 Å². The SMILES string of the molecule is O=CCCCC(=O)OB(O)O. The topological polar surface area (TPSA) is 83.8 Å². The lowest BCUT2D eigenvalue weighted by Gasteiger charge is -2.00. The van der Waals surface area contributed by atoms with Crippen molar-refractivity contribution in [1.82, 2.24) is 0 Å². The normalized spacial score (nSPS) is 8.91. The largest absolute Gasteiger partial charge is 0.709 e. The lowest BCUT2D eigenvalue weighted by Crippen LogP contribution is -2.21. The van der Waals surface area contributed by atoms with Crippen LogP contribution in [-0.4, -0.2) is 29.6 Å². The molecule has 0 heterocycles. The molecule has 0 amide bonds. The van der Waals surface area contributed by atoms with Gasteiger partial charge in [0.05, 0.1) is 0 Å². The van der Waals surface area contributed by atoms with Crippen LogP contribution in [0.1, 0.15) is 19.3 Å². The fourth-order valence-corrected chi connectivity index (χ4v) is 0.506. The Labute approximate surface area is 64.2 Å². The Morgan fingerprint density at radius 1 is 1.55 bits per heavy atom. The van der Waals surface area contributed by atoms with E-state index in [-0.39, 0.29) is 12.8 Å². The third kappa shape index (κ3) is 7.02. The summed E-state index contributed by atoms with van der Waals surface area (Å²) in [5, 5.41) is 16.2. The summed E-state index contributed by atoms with van der Waals surface area (Å²) in [5.74, 6) is -0.721. The van der Waals surface area contributed by atoms with E-state index >= 15 is 0 Å². The predicted molar refractivity (Wildman–Crippen MR) is 36.2 cm³/mol. The van der Waals surface area contributed by atoms with Gasteiger partial charge in [-0.25, -0.2) is 0 Å². The molecule has 0 atom stereocenters. The first kappa shape index (κ1) is 10.1. The smallest absolute Gasteiger partial charge is 0.485 e. The van der Waals surface area contributed by atoms with Crippen LogP contribution in [0.2, 0.25) is 0 Å². The second-order valence-electron chi connectivity index (χ2n) is 1.88. The van der Waals surface area contributed by atoms with Crippen molar-refractivity contribution in [3.63, 3.8) is 0 Å². The highest BCUT2D eigenvalue weighted by Gasteiger charge is 2.14. The summed E-state index contributed by atoms with van der Waals surface area (Å²) in [5.41, 5.74) is 0. The average molecular weight is 160 g/mol. The minimum Gasteiger partial charge on any atom is -0.485 e. The molecule has 0 aliphatic heterocycles. The molecule has 0 radical (unpaired) electrons. The number of unbranched alkanes of at least 4 members (excludes halogenated alkanes) is 1. The maximum atomic E-state index is 10.5. The molecule has 0 saturated carbocycles. The molecular weight excluding hydrogens is 151 g/mol. The second kappa shape index (κ2) is 5.88. The first-order valence-electron chi connectivity index (χ1n) is 3.16. The first-order valence-corrected chi connectivity index (χ1v) is 3.16. The zero-order valence-electron chi connectivity index (χ0n) is 5.90. The van der Waals surface area contributed by atoms with E-state index in [1.165, 1.54) is 0 Å². The molecule has 0 rings (SSSR count). The van der Waals surface area contributed by atoms with E-state index in [0.29, 0.717) is 12.7 Å². The third-order valence-corrected chi connectivity index (χ3v) is 0.940. The molecule has 0 bridgehead atoms. The van der Waals surface area contributed by atoms with E-state index in [1.54, 1.807) is 0 Å². The molecule has 0 fully saturated rings. The third-order valence-electron chi connectivity index (χ3n) is 0.940. The number of hydrogen-bond donors (Lipinski definition) is 2. The molecule has 0 spiro atoms. The summed E-state index contributed by atoms with van der Waals surface area (Å²) in [6.45, 7) is 0. The highest BCUT2D eigenvalue weighted by atomic mass is 16.6. The average Bonchev–Trinajstić information content (AvgIpc) is 1.86. The van der Waals surface area contributed by atoms with Crippen LogP contribution in [0.15, 0.2) is 0 Å². The van der Waals surface area contributed by atoms with Gasteiger partial charge < -0.3 is 19.5 Å². The fraction of sp³-hybridized carbons (Fsp3) is 0.600. The molecule has 2 N–H and O–H groups in total. The van der Waals surface area contributed by atoms with Gasteiger partial charge in [-0.15, -0.1) is 0 Å². The molecular formula is C5H9BO5. The van der Waals surface area contributed by atoms with Crippen LogP contribution in [-0.2, 0) is 14.2 Å². The maximum absolute atomic E-state index is 10.5. The summed E-state index contributed by atoms with van der Waals surface area (Å²) >= 11 is 0. The van der Waals surface area contributed by atoms with E-state index in [1.807, 2.05) is 0 Å². The van der Waals surface area contributed by atoms with E-state index in [0.717, 1.165) is 0 Å². The van der Waals surface area contributed by atoms with E-state index in [2.05, 4.69) is 4.65 Å². The number of hydrogen-bond acceptors (Lipinski definition) is 5. The molecule has 11 heavy (non-hydrogen) atoms. The standard InChI is InChI=1S/C5H9BO5/c7-4-2-1-3-5(8)11-6(9)10/h4,9-10H,1-3H2. The van der Waals surface area contributed by atoms with E-state index in [9.17, 15) is 9.59 Å². The molecule has 62 valence electrons. The van der Waals surface area contributed by atoms with Crippen molar-refractivity contribution >= 4 is 19.6 Å². The molecule has 0 aromatic heterocycles. The van der Waals surface area contributed by atoms with Crippen LogP contribution in [0.3, 0.4) is 0 Å². The van der Waals surface area contributed by atoms with Crippen molar-refractivity contribution in [2.45, 2.75) is 19.3 Å². The van der Waals surface area contributed by atoms with Crippen LogP contribution in [0.4, 0.5) is 0 Å². The van der Waals surface area contributed by atoms with Gasteiger partial charge in [-0.1, -0.05) is 0 Å². The van der Waals surface area contributed by atoms with Crippen molar-refractivity contribution in [2.24, 2.45) is 0 Å². The maximum Gasteiger partial charge on any atom is 0.709 e. The Hall–Kier alpha value is -0.875. The number of rotatable bonds is 5. The summed E-state index contributed by atoms with van der Waals surface area (Å²) in [7, 11) is -2.06. The van der Waals surface area contributed by atoms with Gasteiger partial charge in [0.2, 0.25) is 0 Å². The van der Waals surface area contributed by atoms with Gasteiger partial charge in [0.1, 0.15) is 6.29 Å². The Balaban J connectivity index is 3.30. The van der Waals surface area contributed by atoms with Gasteiger partial charge in [-0.2, -0.15) is 0 Å². The summed E-state index contributed by atoms with van der Waals surface area (Å²) in [6.07, 6.45) is 1.35. The number of carbonyl (C=O) groups excluding carboxylic acids is 2. The summed E-state index contributed by atoms with van der Waals surface area (Å²) < 4.78 is 3.95. The zero-order valence-corrected chi connectivity index (χ0v) is 5.90. The van der Waals surface area contributed by atoms with Crippen molar-refractivity contribution in [3.8, 4) is 0 Å². The van der Waals surface area contributed by atoms with Crippen LogP contribution in [0, 0.1) is 0 Å². The molecule has 0 unspecified atom stereocenters. The predicted octanol–water partition coefficient (Wildman–Crippen LogP) is -1.13. The van der Waals surface area contributed by atoms with Gasteiger partial charge >= 0.3 is 7.32 Å². The van der Waals surface area contributed by atoms with Gasteiger partial charge in [-0.3, -0.25) is 4.79 Å². The van der Waals surface area contributed by atoms with E-state index in [4.69, 9.17) is 10.0 Å². The lowest BCUT2D eigenvalue weighted by molar-refractivity contribution is -0.137. The fourth-order valence-electron chi connectivity index (χ4n) is 0.506. The van der Waals surface area contributed by atoms with Crippen molar-refractivity contribution in [2.75, 3.05) is 0 Å². The minimum absolute atomic E-state index is 0.0242. The molecule has 5 nitrogen and oxygen atoms in total. The van der Waals surface area contributed by atoms with Gasteiger partial charge in [-0.05, 0) is 6.42 Å². The second-order valence-corrected chi connectivity index (χ2v) is 1.88. The highest BCUT2D eigenvalue weighted by Crippen LogP contribution is 1.95. The van der Waals surface area contributed by atoms with Crippen LogP contribution in [0.25, 0.3) is 0 Å². The van der Waals surface area contributed by atoms with Gasteiger partial charge in [0.25, 0.3) is 5.97 Å². The Kier molecular flexibility index (Phi) is 5.41. The monoisotopic (exact) mass is 160 g/mol. The molecule has 0 aromatic rings. The summed E-state index contributed by atoms with van der Waals surface area (Å²) in [6, 6.07) is 0. The highest BCUT2D eigenvalue weighted by molar-refractivity contribution is 6.35. The van der Waals surface area contributed by atoms with Gasteiger partial charge in [0, 0.05) is 12.8 Å². The molecule has 0 aliphatic carbocycles. The zero-order chi connectivity index (χ0) is 8.69. The number of carbonyl (C=O) groups is 2. The Morgan fingerprint density at radius 3 is 2.64 bits per heavy atom. The van der Waals surface area contributed by atoms with Crippen molar-refractivity contribution < 1.29 is 24.3 Å². The lowest BCUT2D eigenvalue weighted by atomic mass is 10.2. The quantitative estimate of drug-likeness (QED) is 0.302. The van der Waals surface area contributed by atoms with Crippen LogP contribution < -0.4 is 0 Å². The minimum atomic E-state index is -2.06. The number of aldehydes is 1. The Morgan fingerprint density at radius 2 is 2.18 bits per heavy atom. The van der Waals surface area contributed by atoms with Crippen molar-refractivity contribution in [1.29, 1.82) is 0 Å². The van der Waals surface area contributed by atoms with Gasteiger partial charge in [0.15, 0.2) is 0 Å². The molecule has 0 aromatic carbocycles. The van der Waals surface area contributed by atoms with Crippen LogP contribution in [0.5, 0.6) is 0 Å². The molecule has 0 saturated heterocycles.